The maximum absolute atomic E-state index is 12.3. The van der Waals surface area contributed by atoms with Crippen LogP contribution in [0, 0.1) is 0 Å². The van der Waals surface area contributed by atoms with E-state index in [0.717, 1.165) is 19.3 Å². The minimum atomic E-state index is -0.269. The Bertz CT molecular complexity index is 804. The molecular formula is C22H28N4O4. The molecule has 0 spiro atoms. The number of methoxy groups -OCH3 is 2. The van der Waals surface area contributed by atoms with Crippen molar-refractivity contribution >= 4 is 23.4 Å². The summed E-state index contributed by atoms with van der Waals surface area (Å²) >= 11 is 0. The Kier molecular flexibility index (Phi) is 7.37. The van der Waals surface area contributed by atoms with Crippen molar-refractivity contribution in [3.63, 3.8) is 0 Å². The Balaban J connectivity index is 1.47. The summed E-state index contributed by atoms with van der Waals surface area (Å²) < 4.78 is 10.3. The van der Waals surface area contributed by atoms with Crippen molar-refractivity contribution in [1.29, 1.82) is 0 Å². The zero-order chi connectivity index (χ0) is 21.3. The third-order valence-corrected chi connectivity index (χ3v) is 5.00. The number of amides is 4. The Hall–Kier alpha value is -3.42. The number of urea groups is 2. The number of hydrogen-bond donors (Lipinski definition) is 4. The number of carbonyl (C=O) groups excluding carboxylic acids is 2. The smallest absolute Gasteiger partial charge is 0.319 e. The van der Waals surface area contributed by atoms with Gasteiger partial charge in [0.2, 0.25) is 0 Å². The van der Waals surface area contributed by atoms with Gasteiger partial charge in [-0.05, 0) is 49.9 Å². The molecule has 8 heteroatoms. The van der Waals surface area contributed by atoms with Gasteiger partial charge >= 0.3 is 12.1 Å². The summed E-state index contributed by atoms with van der Waals surface area (Å²) in [5.41, 5.74) is 1.32. The van der Waals surface area contributed by atoms with Crippen LogP contribution in [0.3, 0.4) is 0 Å². The topological polar surface area (TPSA) is 101 Å². The zero-order valence-corrected chi connectivity index (χ0v) is 17.2. The van der Waals surface area contributed by atoms with E-state index in [1.165, 1.54) is 0 Å². The van der Waals surface area contributed by atoms with E-state index in [1.54, 1.807) is 38.5 Å². The van der Waals surface area contributed by atoms with Crippen LogP contribution in [0.4, 0.5) is 21.0 Å². The van der Waals surface area contributed by atoms with E-state index >= 15 is 0 Å². The third kappa shape index (κ3) is 6.30. The largest absolute Gasteiger partial charge is 0.497 e. The van der Waals surface area contributed by atoms with Crippen molar-refractivity contribution in [3.05, 3.63) is 48.5 Å². The molecule has 4 N–H and O–H groups in total. The summed E-state index contributed by atoms with van der Waals surface area (Å²) in [5, 5.41) is 11.6. The SMILES string of the molecule is COc1cccc(NC(=O)NC2CCCC(NC(=O)Nc3cccc(OC)c3)C2)c1. The Morgan fingerprint density at radius 3 is 1.70 bits per heavy atom. The number of ether oxygens (including phenoxy) is 2. The first-order chi connectivity index (χ1) is 14.6. The molecule has 2 aromatic rings. The average molecular weight is 412 g/mol. The summed E-state index contributed by atoms with van der Waals surface area (Å²) in [6.45, 7) is 0. The molecule has 1 aliphatic carbocycles. The van der Waals surface area contributed by atoms with Crippen molar-refractivity contribution in [1.82, 2.24) is 10.6 Å². The molecule has 0 aliphatic heterocycles. The van der Waals surface area contributed by atoms with Crippen LogP contribution >= 0.6 is 0 Å². The van der Waals surface area contributed by atoms with Crippen LogP contribution in [-0.2, 0) is 0 Å². The van der Waals surface area contributed by atoms with Crippen molar-refractivity contribution in [2.75, 3.05) is 24.9 Å². The van der Waals surface area contributed by atoms with Crippen molar-refractivity contribution in [2.24, 2.45) is 0 Å². The summed E-state index contributed by atoms with van der Waals surface area (Å²) in [5.74, 6) is 1.36. The zero-order valence-electron chi connectivity index (χ0n) is 17.2. The van der Waals surface area contributed by atoms with E-state index in [4.69, 9.17) is 9.47 Å². The lowest BCUT2D eigenvalue weighted by Crippen LogP contribution is -2.47. The van der Waals surface area contributed by atoms with Crippen LogP contribution in [0.1, 0.15) is 25.7 Å². The van der Waals surface area contributed by atoms with Crippen LogP contribution in [0.2, 0.25) is 0 Å². The van der Waals surface area contributed by atoms with Gasteiger partial charge in [-0.2, -0.15) is 0 Å². The van der Waals surface area contributed by atoms with Crippen LogP contribution in [0.5, 0.6) is 11.5 Å². The molecule has 0 saturated heterocycles. The van der Waals surface area contributed by atoms with Crippen molar-refractivity contribution < 1.29 is 19.1 Å². The van der Waals surface area contributed by atoms with Gasteiger partial charge in [-0.15, -0.1) is 0 Å². The number of hydrogen-bond acceptors (Lipinski definition) is 4. The highest BCUT2D eigenvalue weighted by Crippen LogP contribution is 2.21. The number of carbonyl (C=O) groups is 2. The fourth-order valence-electron chi connectivity index (χ4n) is 3.56. The predicted octanol–water partition coefficient (Wildman–Crippen LogP) is 3.96. The summed E-state index contributed by atoms with van der Waals surface area (Å²) in [6, 6.07) is 13.8. The molecule has 160 valence electrons. The van der Waals surface area contributed by atoms with E-state index in [1.807, 2.05) is 24.3 Å². The molecule has 2 atom stereocenters. The lowest BCUT2D eigenvalue weighted by atomic mass is 9.91. The molecule has 1 aliphatic rings. The van der Waals surface area contributed by atoms with Crippen molar-refractivity contribution in [3.8, 4) is 11.5 Å². The first kappa shape index (κ1) is 21.3. The Morgan fingerprint density at radius 1 is 0.800 bits per heavy atom. The van der Waals surface area contributed by atoms with Crippen LogP contribution in [0.25, 0.3) is 0 Å². The molecular weight excluding hydrogens is 384 g/mol. The molecule has 0 heterocycles. The molecule has 0 aromatic heterocycles. The number of benzene rings is 2. The number of anilines is 2. The fraction of sp³-hybridized carbons (Fsp3) is 0.364. The summed E-state index contributed by atoms with van der Waals surface area (Å²) in [7, 11) is 3.16. The van der Waals surface area contributed by atoms with Crippen LogP contribution < -0.4 is 30.7 Å². The number of nitrogens with one attached hydrogen (secondary N) is 4. The van der Waals surface area contributed by atoms with Gasteiger partial charge in [0.05, 0.1) is 14.2 Å². The normalized spacial score (nSPS) is 18.1. The molecule has 2 aromatic carbocycles. The quantitative estimate of drug-likeness (QED) is 0.577. The molecule has 0 radical (unpaired) electrons. The van der Waals surface area contributed by atoms with Gasteiger partial charge in [-0.25, -0.2) is 9.59 Å². The minimum absolute atomic E-state index is 0.00789. The minimum Gasteiger partial charge on any atom is -0.497 e. The second-order valence-electron chi connectivity index (χ2n) is 7.22. The maximum Gasteiger partial charge on any atom is 0.319 e. The second-order valence-corrected chi connectivity index (χ2v) is 7.22. The van der Waals surface area contributed by atoms with Gasteiger partial charge in [0.1, 0.15) is 11.5 Å². The molecule has 1 fully saturated rings. The summed E-state index contributed by atoms with van der Waals surface area (Å²) in [6.07, 6.45) is 3.35. The first-order valence-electron chi connectivity index (χ1n) is 9.99. The predicted molar refractivity (Wildman–Crippen MR) is 116 cm³/mol. The van der Waals surface area contributed by atoms with E-state index in [0.29, 0.717) is 29.3 Å². The lowest BCUT2D eigenvalue weighted by Gasteiger charge is -2.30. The van der Waals surface area contributed by atoms with E-state index in [-0.39, 0.29) is 24.1 Å². The Morgan fingerprint density at radius 2 is 1.27 bits per heavy atom. The molecule has 8 nitrogen and oxygen atoms in total. The lowest BCUT2D eigenvalue weighted by molar-refractivity contribution is 0.233. The molecule has 0 bridgehead atoms. The molecule has 2 unspecified atom stereocenters. The van der Waals surface area contributed by atoms with Crippen LogP contribution in [-0.4, -0.2) is 38.4 Å². The number of rotatable bonds is 6. The van der Waals surface area contributed by atoms with Gasteiger partial charge in [0.15, 0.2) is 0 Å². The second kappa shape index (κ2) is 10.4. The van der Waals surface area contributed by atoms with E-state index in [2.05, 4.69) is 21.3 Å². The highest BCUT2D eigenvalue weighted by Gasteiger charge is 2.24. The average Bonchev–Trinajstić information content (AvgIpc) is 2.74. The van der Waals surface area contributed by atoms with Gasteiger partial charge in [0.25, 0.3) is 0 Å². The Labute approximate surface area is 176 Å². The van der Waals surface area contributed by atoms with Gasteiger partial charge in [-0.1, -0.05) is 12.1 Å². The van der Waals surface area contributed by atoms with E-state index in [9.17, 15) is 9.59 Å². The summed E-state index contributed by atoms with van der Waals surface area (Å²) in [4.78, 5) is 24.7. The highest BCUT2D eigenvalue weighted by atomic mass is 16.5. The standard InChI is InChI=1S/C22H28N4O4/c1-29-19-10-4-8-17(13-19)25-21(27)23-15-6-3-7-16(12-15)24-22(28)26-18-9-5-11-20(14-18)30-2/h4-5,8-11,13-16H,3,6-7,12H2,1-2H3,(H2,23,25,27)(H2,24,26,28). The molecule has 30 heavy (non-hydrogen) atoms. The van der Waals surface area contributed by atoms with Gasteiger partial charge < -0.3 is 30.7 Å². The van der Waals surface area contributed by atoms with Crippen molar-refractivity contribution in [2.45, 2.75) is 37.8 Å². The highest BCUT2D eigenvalue weighted by molar-refractivity contribution is 5.90. The van der Waals surface area contributed by atoms with Gasteiger partial charge in [0, 0.05) is 35.6 Å². The molecule has 1 saturated carbocycles. The fourth-order valence-corrected chi connectivity index (χ4v) is 3.56. The third-order valence-electron chi connectivity index (χ3n) is 5.00. The molecule has 4 amide bonds. The van der Waals surface area contributed by atoms with E-state index < -0.39 is 0 Å². The maximum atomic E-state index is 12.3. The van der Waals surface area contributed by atoms with Gasteiger partial charge in [-0.3, -0.25) is 0 Å². The van der Waals surface area contributed by atoms with Crippen LogP contribution in [0.15, 0.2) is 48.5 Å². The monoisotopic (exact) mass is 412 g/mol. The first-order valence-corrected chi connectivity index (χ1v) is 9.99. The molecule has 3 rings (SSSR count).